The van der Waals surface area contributed by atoms with Crippen molar-refractivity contribution < 1.29 is 4.92 Å². The molecular weight excluding hydrogens is 299 g/mol. The minimum absolute atomic E-state index is 0.368. The van der Waals surface area contributed by atoms with Crippen molar-refractivity contribution in [3.63, 3.8) is 0 Å². The quantitative estimate of drug-likeness (QED) is 0.336. The van der Waals surface area contributed by atoms with Gasteiger partial charge in [0.1, 0.15) is 0 Å². The number of hydrogen-bond acceptors (Lipinski definition) is 4. The molecule has 1 heterocycles. The number of unbranched alkanes of at least 4 members (excludes halogenated alkanes) is 3. The van der Waals surface area contributed by atoms with Crippen LogP contribution in [0.1, 0.15) is 25.7 Å². The van der Waals surface area contributed by atoms with Crippen LogP contribution in [0.15, 0.2) is 4.73 Å². The van der Waals surface area contributed by atoms with Gasteiger partial charge in [0, 0.05) is 26.9 Å². The van der Waals surface area contributed by atoms with Crippen LogP contribution in [0.3, 0.4) is 0 Å². The van der Waals surface area contributed by atoms with E-state index in [-0.39, 0.29) is 5.95 Å². The van der Waals surface area contributed by atoms with E-state index in [1.54, 1.807) is 0 Å². The molecule has 0 fully saturated rings. The summed E-state index contributed by atoms with van der Waals surface area (Å²) in [5.41, 5.74) is 0. The first-order valence-corrected chi connectivity index (χ1v) is 6.28. The minimum atomic E-state index is -0.602. The number of nitro groups is 1. The Kier molecular flexibility index (Phi) is 5.68. The fourth-order valence-electron chi connectivity index (χ4n) is 1.24. The third kappa shape index (κ3) is 4.05. The van der Waals surface area contributed by atoms with Crippen molar-refractivity contribution >= 4 is 33.5 Å². The lowest BCUT2D eigenvalue weighted by Gasteiger charge is -1.98. The Bertz CT molecular complexity index is 358. The molecule has 0 amide bonds. The second-order valence-corrected chi connectivity index (χ2v) is 4.35. The Hall–Kier alpha value is -0.690. The van der Waals surface area contributed by atoms with Crippen LogP contribution in [-0.4, -0.2) is 25.6 Å². The van der Waals surface area contributed by atoms with Crippen LogP contribution in [-0.2, 0) is 6.54 Å². The van der Waals surface area contributed by atoms with Crippen LogP contribution in [0.2, 0.25) is 0 Å². The van der Waals surface area contributed by atoms with Gasteiger partial charge in [-0.3, -0.25) is 0 Å². The highest BCUT2D eigenvalue weighted by atomic mass is 79.9. The molecule has 90 valence electrons. The Balaban J connectivity index is 2.39. The summed E-state index contributed by atoms with van der Waals surface area (Å²) < 4.78 is 1.90. The van der Waals surface area contributed by atoms with Gasteiger partial charge in [-0.05, 0) is 22.7 Å². The smallest absolute Gasteiger partial charge is 0.390 e. The summed E-state index contributed by atoms with van der Waals surface area (Å²) in [6, 6.07) is 0. The molecule has 0 bridgehead atoms. The highest BCUT2D eigenvalue weighted by Gasteiger charge is 2.18. The lowest BCUT2D eigenvalue weighted by Crippen LogP contribution is -2.01. The van der Waals surface area contributed by atoms with Crippen LogP contribution in [0, 0.1) is 10.1 Å². The van der Waals surface area contributed by atoms with Crippen molar-refractivity contribution in [1.29, 1.82) is 0 Å². The summed E-state index contributed by atoms with van der Waals surface area (Å²) >= 11 is 8.68. The summed E-state index contributed by atoms with van der Waals surface area (Å²) in [6.45, 7) is 0.629. The average molecular weight is 312 g/mol. The van der Waals surface area contributed by atoms with Crippen molar-refractivity contribution in [3.05, 3.63) is 14.8 Å². The van der Waals surface area contributed by atoms with Crippen LogP contribution in [0.4, 0.5) is 5.95 Å². The number of rotatable bonds is 7. The molecule has 0 radical (unpaired) electrons. The van der Waals surface area contributed by atoms with Gasteiger partial charge in [-0.25, -0.2) is 0 Å². The van der Waals surface area contributed by atoms with Crippen molar-refractivity contribution in [2.24, 2.45) is 0 Å². The molecule has 0 spiro atoms. The molecule has 0 aliphatic carbocycles. The number of nitrogens with zero attached hydrogens (tertiary/aromatic N) is 4. The van der Waals surface area contributed by atoms with E-state index in [9.17, 15) is 10.1 Å². The van der Waals surface area contributed by atoms with Gasteiger partial charge in [0.15, 0.2) is 0 Å². The number of hydrogen-bond donors (Lipinski definition) is 0. The highest BCUT2D eigenvalue weighted by molar-refractivity contribution is 9.10. The van der Waals surface area contributed by atoms with Crippen LogP contribution < -0.4 is 0 Å². The van der Waals surface area contributed by atoms with Crippen molar-refractivity contribution in [1.82, 2.24) is 14.8 Å². The fourth-order valence-corrected chi connectivity index (χ4v) is 1.85. The lowest BCUT2D eigenvalue weighted by atomic mass is 10.2. The van der Waals surface area contributed by atoms with Crippen LogP contribution in [0.25, 0.3) is 0 Å². The number of aromatic nitrogens is 3. The van der Waals surface area contributed by atoms with Crippen molar-refractivity contribution in [2.75, 3.05) is 5.88 Å². The van der Waals surface area contributed by atoms with Gasteiger partial charge in [0.25, 0.3) is 4.73 Å². The van der Waals surface area contributed by atoms with Gasteiger partial charge < -0.3 is 10.1 Å². The Labute approximate surface area is 106 Å². The predicted octanol–water partition coefficient (Wildman–Crippen LogP) is 2.75. The zero-order valence-corrected chi connectivity index (χ0v) is 10.9. The minimum Gasteiger partial charge on any atom is -0.390 e. The van der Waals surface area contributed by atoms with E-state index in [4.69, 9.17) is 11.6 Å². The maximum atomic E-state index is 10.4. The highest BCUT2D eigenvalue weighted by Crippen LogP contribution is 2.13. The first-order chi connectivity index (χ1) is 7.65. The summed E-state index contributed by atoms with van der Waals surface area (Å²) in [5.74, 6) is 0.311. The molecule has 0 aliphatic heterocycles. The third-order valence-corrected chi connectivity index (χ3v) is 2.89. The number of alkyl halides is 1. The van der Waals surface area contributed by atoms with Gasteiger partial charge in [0.05, 0.1) is 6.54 Å². The summed E-state index contributed by atoms with van der Waals surface area (Å²) in [5, 5.41) is 14.2. The van der Waals surface area contributed by atoms with Crippen molar-refractivity contribution in [3.8, 4) is 0 Å². The second-order valence-electron chi connectivity index (χ2n) is 3.26. The van der Waals surface area contributed by atoms with E-state index in [2.05, 4.69) is 26.0 Å². The maximum absolute atomic E-state index is 10.4. The third-order valence-electron chi connectivity index (χ3n) is 2.03. The zero-order valence-electron chi connectivity index (χ0n) is 8.60. The lowest BCUT2D eigenvalue weighted by molar-refractivity contribution is -0.394. The largest absolute Gasteiger partial charge is 0.492 e. The molecule has 6 nitrogen and oxygen atoms in total. The number of halogens is 2. The summed E-state index contributed by atoms with van der Waals surface area (Å²) in [4.78, 5) is 13.5. The molecule has 1 aromatic rings. The maximum Gasteiger partial charge on any atom is 0.492 e. The standard InChI is InChI=1S/C8H12BrClN4O2/c9-7-11-8(14(15)16)12-13(7)6-4-2-1-3-5-10/h1-6H2. The molecule has 0 N–H and O–H groups in total. The molecule has 1 rings (SSSR count). The first kappa shape index (κ1) is 13.4. The van der Waals surface area contributed by atoms with E-state index in [0.717, 1.165) is 25.7 Å². The normalized spacial score (nSPS) is 10.6. The molecule has 16 heavy (non-hydrogen) atoms. The zero-order chi connectivity index (χ0) is 12.0. The number of aryl methyl sites for hydroxylation is 1. The van der Waals surface area contributed by atoms with Crippen LogP contribution >= 0.6 is 27.5 Å². The molecule has 0 saturated carbocycles. The summed E-state index contributed by atoms with van der Waals surface area (Å²) in [6.07, 6.45) is 4.01. The van der Waals surface area contributed by atoms with E-state index in [0.29, 0.717) is 17.2 Å². The molecule has 1 aromatic heterocycles. The van der Waals surface area contributed by atoms with Crippen LogP contribution in [0.5, 0.6) is 0 Å². The molecule has 0 unspecified atom stereocenters. The Morgan fingerprint density at radius 1 is 1.38 bits per heavy atom. The molecule has 0 aromatic carbocycles. The molecular formula is C8H12BrClN4O2. The van der Waals surface area contributed by atoms with E-state index >= 15 is 0 Å². The van der Waals surface area contributed by atoms with Gasteiger partial charge in [-0.2, -0.15) is 4.68 Å². The molecule has 0 atom stereocenters. The monoisotopic (exact) mass is 310 g/mol. The molecule has 8 heteroatoms. The fraction of sp³-hybridized carbons (Fsp3) is 0.750. The predicted molar refractivity (Wildman–Crippen MR) is 63.6 cm³/mol. The van der Waals surface area contributed by atoms with Crippen molar-refractivity contribution in [2.45, 2.75) is 32.2 Å². The second kappa shape index (κ2) is 6.80. The van der Waals surface area contributed by atoms with Gasteiger partial charge in [0.2, 0.25) is 0 Å². The SMILES string of the molecule is O=[N+]([O-])c1nc(Br)n(CCCCCCCl)n1. The summed E-state index contributed by atoms with van der Waals surface area (Å²) in [7, 11) is 0. The van der Waals surface area contributed by atoms with Gasteiger partial charge >= 0.3 is 5.95 Å². The van der Waals surface area contributed by atoms with Gasteiger partial charge in [-0.15, -0.1) is 11.6 Å². The Morgan fingerprint density at radius 3 is 2.62 bits per heavy atom. The molecule has 0 aliphatic rings. The Morgan fingerprint density at radius 2 is 2.06 bits per heavy atom. The molecule has 0 saturated heterocycles. The van der Waals surface area contributed by atoms with E-state index in [1.165, 1.54) is 4.68 Å². The topological polar surface area (TPSA) is 73.8 Å². The average Bonchev–Trinajstić information content (AvgIpc) is 2.60. The van der Waals surface area contributed by atoms with Gasteiger partial charge in [-0.1, -0.05) is 12.8 Å². The first-order valence-electron chi connectivity index (χ1n) is 4.96. The van der Waals surface area contributed by atoms with E-state index in [1.807, 2.05) is 0 Å². The van der Waals surface area contributed by atoms with E-state index < -0.39 is 4.92 Å².